The number of benzene rings is 1. The van der Waals surface area contributed by atoms with Crippen molar-refractivity contribution in [2.45, 2.75) is 0 Å². The summed E-state index contributed by atoms with van der Waals surface area (Å²) in [4.78, 5) is 12.2. The largest absolute Gasteiger partial charge is 0.463 e. The summed E-state index contributed by atoms with van der Waals surface area (Å²) in [6.07, 6.45) is 6.77. The Kier molecular flexibility index (Phi) is 3.64. The molecule has 2 aromatic heterocycles. The third-order valence-electron chi connectivity index (χ3n) is 2.93. The molecule has 0 saturated heterocycles. The Morgan fingerprint density at radius 2 is 1.90 bits per heavy atom. The normalized spacial score (nSPS) is 10.9. The van der Waals surface area contributed by atoms with E-state index in [1.165, 1.54) is 6.21 Å². The molecule has 104 valence electrons. The minimum atomic E-state index is -0.276. The molecule has 0 unspecified atom stereocenters. The molecule has 0 aliphatic heterocycles. The van der Waals surface area contributed by atoms with E-state index in [4.69, 9.17) is 4.42 Å². The van der Waals surface area contributed by atoms with Crippen molar-refractivity contribution in [1.82, 2.24) is 9.99 Å². The van der Waals surface area contributed by atoms with Crippen LogP contribution in [0, 0.1) is 0 Å². The van der Waals surface area contributed by atoms with Crippen LogP contribution in [0.25, 0.3) is 5.69 Å². The van der Waals surface area contributed by atoms with Gasteiger partial charge >= 0.3 is 0 Å². The second-order valence-electron chi connectivity index (χ2n) is 4.32. The Hall–Kier alpha value is -3.08. The summed E-state index contributed by atoms with van der Waals surface area (Å²) < 4.78 is 6.98. The third-order valence-corrected chi connectivity index (χ3v) is 2.93. The molecule has 0 bridgehead atoms. The van der Waals surface area contributed by atoms with E-state index < -0.39 is 0 Å². The number of nitrogens with one attached hydrogen (secondary N) is 1. The summed E-state index contributed by atoms with van der Waals surface area (Å²) in [5.74, 6) is 0.302. The van der Waals surface area contributed by atoms with Gasteiger partial charge in [0.15, 0.2) is 0 Å². The van der Waals surface area contributed by atoms with Crippen molar-refractivity contribution in [3.63, 3.8) is 0 Å². The molecule has 0 spiro atoms. The molecular formula is C16H13N3O2. The Morgan fingerprint density at radius 3 is 2.67 bits per heavy atom. The highest BCUT2D eigenvalue weighted by atomic mass is 16.3. The summed E-state index contributed by atoms with van der Waals surface area (Å²) in [7, 11) is 0. The van der Waals surface area contributed by atoms with Gasteiger partial charge in [-0.15, -0.1) is 0 Å². The lowest BCUT2D eigenvalue weighted by Gasteiger charge is -2.08. The van der Waals surface area contributed by atoms with Gasteiger partial charge in [-0.25, -0.2) is 5.43 Å². The summed E-state index contributed by atoms with van der Waals surface area (Å²) in [6.45, 7) is 0. The van der Waals surface area contributed by atoms with Crippen LogP contribution in [0.5, 0.6) is 0 Å². The van der Waals surface area contributed by atoms with Crippen LogP contribution in [0.1, 0.15) is 16.1 Å². The first-order valence-corrected chi connectivity index (χ1v) is 6.44. The predicted octanol–water partition coefficient (Wildman–Crippen LogP) is 2.83. The predicted molar refractivity (Wildman–Crippen MR) is 79.5 cm³/mol. The maximum Gasteiger partial charge on any atom is 0.273 e. The smallest absolute Gasteiger partial charge is 0.273 e. The number of furan rings is 1. The number of hydrogen-bond acceptors (Lipinski definition) is 3. The fourth-order valence-corrected chi connectivity index (χ4v) is 1.97. The van der Waals surface area contributed by atoms with Crippen LogP contribution < -0.4 is 5.43 Å². The van der Waals surface area contributed by atoms with Crippen molar-refractivity contribution < 1.29 is 9.21 Å². The number of hydrogen-bond donors (Lipinski definition) is 1. The summed E-state index contributed by atoms with van der Waals surface area (Å²) in [6, 6.07) is 14.7. The maximum absolute atomic E-state index is 12.2. The molecule has 1 aromatic carbocycles. The van der Waals surface area contributed by atoms with Crippen molar-refractivity contribution >= 4 is 12.1 Å². The lowest BCUT2D eigenvalue weighted by atomic mass is 10.1. The van der Waals surface area contributed by atoms with Crippen LogP contribution in [0.4, 0.5) is 0 Å². The quantitative estimate of drug-likeness (QED) is 0.589. The summed E-state index contributed by atoms with van der Waals surface area (Å²) >= 11 is 0. The second kappa shape index (κ2) is 5.92. The van der Waals surface area contributed by atoms with E-state index in [1.54, 1.807) is 24.5 Å². The first-order valence-electron chi connectivity index (χ1n) is 6.44. The minimum absolute atomic E-state index is 0.276. The lowest BCUT2D eigenvalue weighted by molar-refractivity contribution is 0.0955. The van der Waals surface area contributed by atoms with E-state index in [9.17, 15) is 4.79 Å². The second-order valence-corrected chi connectivity index (χ2v) is 4.32. The van der Waals surface area contributed by atoms with Gasteiger partial charge in [0.2, 0.25) is 0 Å². The molecule has 3 aromatic rings. The van der Waals surface area contributed by atoms with E-state index in [2.05, 4.69) is 10.5 Å². The van der Waals surface area contributed by atoms with E-state index in [1.807, 2.05) is 47.3 Å². The molecule has 0 saturated carbocycles. The van der Waals surface area contributed by atoms with Crippen molar-refractivity contribution in [2.75, 3.05) is 0 Å². The molecule has 0 aliphatic rings. The van der Waals surface area contributed by atoms with E-state index in [0.717, 1.165) is 5.69 Å². The number of hydrazone groups is 1. The molecule has 21 heavy (non-hydrogen) atoms. The number of para-hydroxylation sites is 1. The van der Waals surface area contributed by atoms with Crippen LogP contribution in [0.2, 0.25) is 0 Å². The molecule has 1 N–H and O–H groups in total. The molecule has 0 radical (unpaired) electrons. The fraction of sp³-hybridized carbons (Fsp3) is 0. The number of carbonyl (C=O) groups is 1. The van der Waals surface area contributed by atoms with Crippen molar-refractivity contribution in [3.8, 4) is 5.69 Å². The molecule has 0 fully saturated rings. The van der Waals surface area contributed by atoms with E-state index in [-0.39, 0.29) is 5.91 Å². The first kappa shape index (κ1) is 12.9. The monoisotopic (exact) mass is 279 g/mol. The molecule has 5 heteroatoms. The highest BCUT2D eigenvalue weighted by Gasteiger charge is 2.10. The first-order chi connectivity index (χ1) is 10.3. The van der Waals surface area contributed by atoms with Crippen molar-refractivity contribution in [1.29, 1.82) is 0 Å². The third kappa shape index (κ3) is 2.92. The number of rotatable bonds is 4. The topological polar surface area (TPSA) is 59.5 Å². The molecule has 1 amide bonds. The van der Waals surface area contributed by atoms with E-state index in [0.29, 0.717) is 11.3 Å². The molecule has 3 rings (SSSR count). The molecule has 2 heterocycles. The Balaban J connectivity index is 1.79. The van der Waals surface area contributed by atoms with Gasteiger partial charge in [-0.3, -0.25) is 4.79 Å². The number of aromatic nitrogens is 1. The zero-order valence-corrected chi connectivity index (χ0v) is 11.1. The zero-order valence-electron chi connectivity index (χ0n) is 11.1. The zero-order chi connectivity index (χ0) is 14.5. The van der Waals surface area contributed by atoms with Gasteiger partial charge in [-0.1, -0.05) is 12.1 Å². The van der Waals surface area contributed by atoms with E-state index >= 15 is 0 Å². The average Bonchev–Trinajstić information content (AvgIpc) is 3.20. The van der Waals surface area contributed by atoms with Gasteiger partial charge in [0.1, 0.15) is 5.76 Å². The summed E-state index contributed by atoms with van der Waals surface area (Å²) in [5.41, 5.74) is 3.84. The highest BCUT2D eigenvalue weighted by molar-refractivity contribution is 5.98. The molecule has 0 atom stereocenters. The van der Waals surface area contributed by atoms with Gasteiger partial charge in [-0.05, 0) is 36.4 Å². The molecule has 5 nitrogen and oxygen atoms in total. The number of nitrogens with zero attached hydrogens (tertiary/aromatic N) is 2. The minimum Gasteiger partial charge on any atom is -0.463 e. The number of carbonyl (C=O) groups excluding carboxylic acids is 1. The van der Waals surface area contributed by atoms with Crippen molar-refractivity contribution in [3.05, 3.63) is 78.5 Å². The summed E-state index contributed by atoms with van der Waals surface area (Å²) in [5, 5.41) is 3.89. The van der Waals surface area contributed by atoms with Gasteiger partial charge in [-0.2, -0.15) is 5.10 Å². The standard InChI is InChI=1S/C16H13N3O2/c20-16(18-17-12-13-6-5-11-21-13)14-7-1-2-8-15(14)19-9-3-4-10-19/h1-12H,(H,18,20)/b17-12+. The molecular weight excluding hydrogens is 266 g/mol. The van der Waals surface area contributed by atoms with Gasteiger partial charge in [0, 0.05) is 12.4 Å². The average molecular weight is 279 g/mol. The van der Waals surface area contributed by atoms with Crippen LogP contribution >= 0.6 is 0 Å². The van der Waals surface area contributed by atoms with Crippen molar-refractivity contribution in [2.24, 2.45) is 5.10 Å². The Bertz CT molecular complexity index is 744. The lowest BCUT2D eigenvalue weighted by Crippen LogP contribution is -2.19. The number of amides is 1. The van der Waals surface area contributed by atoms with Gasteiger partial charge < -0.3 is 8.98 Å². The fourth-order valence-electron chi connectivity index (χ4n) is 1.97. The van der Waals surface area contributed by atoms with Gasteiger partial charge in [0.05, 0.1) is 23.7 Å². The van der Waals surface area contributed by atoms with Crippen LogP contribution in [-0.2, 0) is 0 Å². The van der Waals surface area contributed by atoms with Crippen LogP contribution in [0.3, 0.4) is 0 Å². The molecule has 0 aliphatic carbocycles. The Labute approximate surface area is 121 Å². The Morgan fingerprint density at radius 1 is 1.10 bits per heavy atom. The van der Waals surface area contributed by atoms with Crippen LogP contribution in [-0.4, -0.2) is 16.7 Å². The van der Waals surface area contributed by atoms with Gasteiger partial charge in [0.25, 0.3) is 5.91 Å². The van der Waals surface area contributed by atoms with Crippen LogP contribution in [0.15, 0.2) is 76.7 Å². The maximum atomic E-state index is 12.2. The highest BCUT2D eigenvalue weighted by Crippen LogP contribution is 2.14. The SMILES string of the molecule is O=C(N/N=C/c1ccco1)c1ccccc1-n1cccc1.